The lowest BCUT2D eigenvalue weighted by molar-refractivity contribution is -0.384. The predicted octanol–water partition coefficient (Wildman–Crippen LogP) is 2.55. The summed E-state index contributed by atoms with van der Waals surface area (Å²) in [6.07, 6.45) is 1.57. The Balaban J connectivity index is 2.17. The van der Waals surface area contributed by atoms with Gasteiger partial charge in [0.15, 0.2) is 0 Å². The molecule has 2 aromatic rings. The molecule has 0 bridgehead atoms. The predicted molar refractivity (Wildman–Crippen MR) is 64.5 cm³/mol. The zero-order chi connectivity index (χ0) is 13.1. The zero-order valence-corrected chi connectivity index (χ0v) is 10.1. The van der Waals surface area contributed by atoms with Crippen molar-refractivity contribution in [3.8, 4) is 0 Å². The van der Waals surface area contributed by atoms with Crippen molar-refractivity contribution in [2.24, 2.45) is 0 Å². The van der Waals surface area contributed by atoms with Crippen molar-refractivity contribution in [3.63, 3.8) is 0 Å². The maximum atomic E-state index is 10.8. The summed E-state index contributed by atoms with van der Waals surface area (Å²) in [7, 11) is 0. The van der Waals surface area contributed by atoms with Crippen molar-refractivity contribution < 1.29 is 9.34 Å². The molecular formula is C10H9ClN4O3. The molecule has 0 saturated heterocycles. The smallest absolute Gasteiger partial charge is 0.311 e. The molecule has 0 aliphatic rings. The molecule has 0 radical (unpaired) electrons. The van der Waals surface area contributed by atoms with Gasteiger partial charge in [0, 0.05) is 6.07 Å². The van der Waals surface area contributed by atoms with Gasteiger partial charge in [0.25, 0.3) is 0 Å². The highest BCUT2D eigenvalue weighted by atomic mass is 35.5. The Morgan fingerprint density at radius 3 is 2.94 bits per heavy atom. The molecule has 0 saturated carbocycles. The van der Waals surface area contributed by atoms with Crippen LogP contribution in [0.5, 0.6) is 0 Å². The monoisotopic (exact) mass is 268 g/mol. The second kappa shape index (κ2) is 5.01. The van der Waals surface area contributed by atoms with Crippen LogP contribution < -0.4 is 5.32 Å². The van der Waals surface area contributed by atoms with E-state index in [1.165, 1.54) is 12.1 Å². The topological polar surface area (TPSA) is 94.1 Å². The number of aryl methyl sites for hydroxylation is 1. The first-order valence-electron chi connectivity index (χ1n) is 5.02. The van der Waals surface area contributed by atoms with Gasteiger partial charge in [-0.3, -0.25) is 10.1 Å². The van der Waals surface area contributed by atoms with Crippen molar-refractivity contribution in [2.45, 2.75) is 13.5 Å². The average molecular weight is 269 g/mol. The zero-order valence-electron chi connectivity index (χ0n) is 9.38. The number of pyridine rings is 1. The van der Waals surface area contributed by atoms with E-state index in [0.717, 1.165) is 0 Å². The summed E-state index contributed by atoms with van der Waals surface area (Å²) in [5.74, 6) is 1.17. The molecule has 1 N–H and O–H groups in total. The number of nitrogens with zero attached hydrogens (tertiary/aromatic N) is 3. The van der Waals surface area contributed by atoms with Crippen LogP contribution in [-0.2, 0) is 6.54 Å². The van der Waals surface area contributed by atoms with E-state index in [1.54, 1.807) is 13.1 Å². The first kappa shape index (κ1) is 12.3. The molecule has 2 heterocycles. The molecule has 2 aromatic heterocycles. The minimum atomic E-state index is -0.535. The van der Waals surface area contributed by atoms with Crippen LogP contribution in [0.4, 0.5) is 11.5 Å². The quantitative estimate of drug-likeness (QED) is 0.520. The first-order chi connectivity index (χ1) is 8.56. The Bertz CT molecular complexity index is 584. The molecule has 0 fully saturated rings. The van der Waals surface area contributed by atoms with Crippen molar-refractivity contribution in [2.75, 3.05) is 5.32 Å². The van der Waals surface area contributed by atoms with Crippen LogP contribution in [0.2, 0.25) is 5.15 Å². The molecule has 0 spiro atoms. The van der Waals surface area contributed by atoms with E-state index >= 15 is 0 Å². The van der Waals surface area contributed by atoms with E-state index in [1.807, 2.05) is 0 Å². The number of rotatable bonds is 4. The van der Waals surface area contributed by atoms with Crippen molar-refractivity contribution in [1.82, 2.24) is 9.97 Å². The molecule has 0 aliphatic carbocycles. The van der Waals surface area contributed by atoms with Crippen LogP contribution in [0, 0.1) is 17.0 Å². The fraction of sp³-hybridized carbons (Fsp3) is 0.200. The molecule has 8 heteroatoms. The number of anilines is 1. The minimum absolute atomic E-state index is 0.0864. The van der Waals surface area contributed by atoms with Gasteiger partial charge >= 0.3 is 5.69 Å². The molecule has 0 amide bonds. The van der Waals surface area contributed by atoms with Gasteiger partial charge in [-0.05, 0) is 13.0 Å². The van der Waals surface area contributed by atoms with E-state index in [0.29, 0.717) is 11.7 Å². The third-order valence-electron chi connectivity index (χ3n) is 2.11. The van der Waals surface area contributed by atoms with Crippen molar-refractivity contribution >= 4 is 23.1 Å². The van der Waals surface area contributed by atoms with Gasteiger partial charge in [0.2, 0.25) is 11.7 Å². The van der Waals surface area contributed by atoms with Crippen LogP contribution >= 0.6 is 11.6 Å². The number of nitrogens with one attached hydrogen (secondary N) is 1. The standard InChI is InChI=1S/C10H9ClN4O3/c1-6-4-12-9(18-6)5-13-10-7(15(16)17)2-3-8(11)14-10/h2-4H,5H2,1H3,(H,13,14). The molecule has 2 rings (SSSR count). The lowest BCUT2D eigenvalue weighted by atomic mass is 10.4. The van der Waals surface area contributed by atoms with Gasteiger partial charge < -0.3 is 9.73 Å². The number of nitro groups is 1. The summed E-state index contributed by atoms with van der Waals surface area (Å²) in [4.78, 5) is 18.1. The Kier molecular flexibility index (Phi) is 3.42. The molecule has 0 aliphatic heterocycles. The summed E-state index contributed by atoms with van der Waals surface area (Å²) < 4.78 is 5.23. The SMILES string of the molecule is Cc1cnc(CNc2nc(Cl)ccc2[N+](=O)[O-])o1. The fourth-order valence-electron chi connectivity index (χ4n) is 1.35. The van der Waals surface area contributed by atoms with E-state index in [-0.39, 0.29) is 23.2 Å². The normalized spacial score (nSPS) is 10.3. The Labute approximate surface area is 107 Å². The first-order valence-corrected chi connectivity index (χ1v) is 5.40. The lowest BCUT2D eigenvalue weighted by Crippen LogP contribution is -2.05. The number of halogens is 1. The Hall–Kier alpha value is -2.15. The highest BCUT2D eigenvalue weighted by Crippen LogP contribution is 2.24. The number of oxazole rings is 1. The maximum absolute atomic E-state index is 10.8. The molecule has 0 atom stereocenters. The van der Waals surface area contributed by atoms with Gasteiger partial charge in [0.1, 0.15) is 10.9 Å². The van der Waals surface area contributed by atoms with E-state index in [4.69, 9.17) is 16.0 Å². The summed E-state index contributed by atoms with van der Waals surface area (Å²) in [5, 5.41) is 13.7. The van der Waals surface area contributed by atoms with Crippen LogP contribution in [0.3, 0.4) is 0 Å². The third-order valence-corrected chi connectivity index (χ3v) is 2.32. The van der Waals surface area contributed by atoms with Gasteiger partial charge in [-0.2, -0.15) is 0 Å². The van der Waals surface area contributed by atoms with Crippen molar-refractivity contribution in [3.05, 3.63) is 45.2 Å². The molecule has 0 unspecified atom stereocenters. The molecule has 18 heavy (non-hydrogen) atoms. The molecular weight excluding hydrogens is 260 g/mol. The van der Waals surface area contributed by atoms with Gasteiger partial charge in [0.05, 0.1) is 17.7 Å². The van der Waals surface area contributed by atoms with Crippen LogP contribution in [-0.4, -0.2) is 14.9 Å². The van der Waals surface area contributed by atoms with E-state index < -0.39 is 4.92 Å². The Morgan fingerprint density at radius 2 is 2.33 bits per heavy atom. The highest BCUT2D eigenvalue weighted by molar-refractivity contribution is 6.29. The summed E-state index contributed by atoms with van der Waals surface area (Å²) in [6, 6.07) is 2.65. The average Bonchev–Trinajstić information content (AvgIpc) is 2.72. The van der Waals surface area contributed by atoms with E-state index in [9.17, 15) is 10.1 Å². The number of hydrogen-bond donors (Lipinski definition) is 1. The molecule has 7 nitrogen and oxygen atoms in total. The number of aromatic nitrogens is 2. The van der Waals surface area contributed by atoms with E-state index in [2.05, 4.69) is 15.3 Å². The largest absolute Gasteiger partial charge is 0.444 e. The Morgan fingerprint density at radius 1 is 1.56 bits per heavy atom. The second-order valence-corrected chi connectivity index (χ2v) is 3.86. The third kappa shape index (κ3) is 2.75. The van der Waals surface area contributed by atoms with Crippen molar-refractivity contribution in [1.29, 1.82) is 0 Å². The van der Waals surface area contributed by atoms with Gasteiger partial charge in [-0.25, -0.2) is 9.97 Å². The van der Waals surface area contributed by atoms with Crippen LogP contribution in [0.1, 0.15) is 11.7 Å². The molecule has 0 aromatic carbocycles. The van der Waals surface area contributed by atoms with Crippen LogP contribution in [0.15, 0.2) is 22.7 Å². The lowest BCUT2D eigenvalue weighted by Gasteiger charge is -2.04. The molecule has 94 valence electrons. The van der Waals surface area contributed by atoms with Gasteiger partial charge in [-0.15, -0.1) is 0 Å². The van der Waals surface area contributed by atoms with Crippen LogP contribution in [0.25, 0.3) is 0 Å². The maximum Gasteiger partial charge on any atom is 0.311 e. The number of hydrogen-bond acceptors (Lipinski definition) is 6. The fourth-order valence-corrected chi connectivity index (χ4v) is 1.50. The summed E-state index contributed by atoms with van der Waals surface area (Å²) >= 11 is 5.69. The van der Waals surface area contributed by atoms with Gasteiger partial charge in [-0.1, -0.05) is 11.6 Å². The summed E-state index contributed by atoms with van der Waals surface area (Å²) in [6.45, 7) is 1.96. The minimum Gasteiger partial charge on any atom is -0.444 e. The highest BCUT2D eigenvalue weighted by Gasteiger charge is 2.16. The summed E-state index contributed by atoms with van der Waals surface area (Å²) in [5.41, 5.74) is -0.150. The second-order valence-electron chi connectivity index (χ2n) is 3.48.